The molecular weight excluding hydrogens is 232 g/mol. The monoisotopic (exact) mass is 252 g/mol. The molecule has 0 N–H and O–H groups in total. The van der Waals surface area contributed by atoms with Gasteiger partial charge in [0.05, 0.1) is 0 Å². The van der Waals surface area contributed by atoms with Crippen LogP contribution in [-0.4, -0.2) is 5.78 Å². The second-order valence-electron chi connectivity index (χ2n) is 5.27. The van der Waals surface area contributed by atoms with Gasteiger partial charge in [-0.2, -0.15) is 0 Å². The van der Waals surface area contributed by atoms with Crippen molar-refractivity contribution in [2.75, 3.05) is 0 Å². The molecule has 2 rings (SSSR count). The Morgan fingerprint density at radius 2 is 1.58 bits per heavy atom. The Morgan fingerprint density at radius 3 is 2.16 bits per heavy atom. The second-order valence-corrected chi connectivity index (χ2v) is 5.27. The van der Waals surface area contributed by atoms with Gasteiger partial charge >= 0.3 is 0 Å². The quantitative estimate of drug-likeness (QED) is 0.796. The van der Waals surface area contributed by atoms with E-state index in [2.05, 4.69) is 32.0 Å². The summed E-state index contributed by atoms with van der Waals surface area (Å²) in [7, 11) is 0. The minimum Gasteiger partial charge on any atom is -0.299 e. The van der Waals surface area contributed by atoms with E-state index >= 15 is 0 Å². The number of rotatable bonds is 4. The minimum absolute atomic E-state index is 0.0398. The van der Waals surface area contributed by atoms with E-state index in [1.807, 2.05) is 37.3 Å². The highest BCUT2D eigenvalue weighted by molar-refractivity contribution is 5.87. The second kappa shape index (κ2) is 5.83. The van der Waals surface area contributed by atoms with Crippen LogP contribution in [0.1, 0.15) is 35.1 Å². The van der Waals surface area contributed by atoms with E-state index in [9.17, 15) is 4.79 Å². The molecule has 19 heavy (non-hydrogen) atoms. The zero-order valence-electron chi connectivity index (χ0n) is 11.8. The molecule has 0 heterocycles. The van der Waals surface area contributed by atoms with Crippen LogP contribution in [0.15, 0.2) is 48.5 Å². The molecule has 0 saturated heterocycles. The predicted molar refractivity (Wildman–Crippen MR) is 79.5 cm³/mol. The Kier molecular flexibility index (Phi) is 4.16. The normalized spacial score (nSPS) is 12.2. The van der Waals surface area contributed by atoms with Crippen molar-refractivity contribution in [3.63, 3.8) is 0 Å². The molecule has 1 heteroatoms. The van der Waals surface area contributed by atoms with Crippen LogP contribution in [0.3, 0.4) is 0 Å². The van der Waals surface area contributed by atoms with Crippen molar-refractivity contribution in [2.45, 2.75) is 33.1 Å². The maximum Gasteiger partial charge on any atom is 0.144 e. The molecule has 0 fully saturated rings. The minimum atomic E-state index is -0.0398. The summed E-state index contributed by atoms with van der Waals surface area (Å²) in [6, 6.07) is 16.3. The van der Waals surface area contributed by atoms with Gasteiger partial charge in [0.2, 0.25) is 0 Å². The van der Waals surface area contributed by atoms with Crippen molar-refractivity contribution >= 4 is 5.78 Å². The average molecular weight is 252 g/mol. The molecule has 0 spiro atoms. The maximum atomic E-state index is 12.3. The highest BCUT2D eigenvalue weighted by Crippen LogP contribution is 2.19. The summed E-state index contributed by atoms with van der Waals surface area (Å²) in [6.07, 6.45) is 0.512. The Hall–Kier alpha value is -1.89. The summed E-state index contributed by atoms with van der Waals surface area (Å²) in [5.41, 5.74) is 4.65. The van der Waals surface area contributed by atoms with Gasteiger partial charge in [0.15, 0.2) is 0 Å². The van der Waals surface area contributed by atoms with Crippen molar-refractivity contribution in [1.29, 1.82) is 0 Å². The zero-order valence-corrected chi connectivity index (χ0v) is 11.8. The predicted octanol–water partition coefficient (Wildman–Crippen LogP) is 4.22. The summed E-state index contributed by atoms with van der Waals surface area (Å²) in [5.74, 6) is 0.234. The van der Waals surface area contributed by atoms with E-state index in [0.717, 1.165) is 11.1 Å². The van der Waals surface area contributed by atoms with Crippen molar-refractivity contribution < 1.29 is 4.79 Å². The van der Waals surface area contributed by atoms with Crippen LogP contribution >= 0.6 is 0 Å². The fraction of sp³-hybridized carbons (Fsp3) is 0.278. The van der Waals surface area contributed by atoms with Crippen LogP contribution < -0.4 is 0 Å². The number of hydrogen-bond acceptors (Lipinski definition) is 1. The molecule has 0 aliphatic rings. The van der Waals surface area contributed by atoms with Crippen molar-refractivity contribution in [3.05, 3.63) is 70.8 Å². The van der Waals surface area contributed by atoms with Gasteiger partial charge in [-0.25, -0.2) is 0 Å². The van der Waals surface area contributed by atoms with Crippen LogP contribution in [0.25, 0.3) is 0 Å². The van der Waals surface area contributed by atoms with Gasteiger partial charge in [-0.15, -0.1) is 0 Å². The largest absolute Gasteiger partial charge is 0.299 e. The number of hydrogen-bond donors (Lipinski definition) is 0. The number of carbonyl (C=O) groups is 1. The van der Waals surface area contributed by atoms with Gasteiger partial charge in [0.1, 0.15) is 5.78 Å². The van der Waals surface area contributed by atoms with Crippen LogP contribution in [0.2, 0.25) is 0 Å². The summed E-state index contributed by atoms with van der Waals surface area (Å²) < 4.78 is 0. The molecule has 1 nitrogen and oxygen atoms in total. The fourth-order valence-electron chi connectivity index (χ4n) is 2.45. The van der Waals surface area contributed by atoms with Gasteiger partial charge in [-0.05, 0) is 25.0 Å². The molecular formula is C18H20O. The number of aryl methyl sites for hydroxylation is 2. The first kappa shape index (κ1) is 13.5. The van der Waals surface area contributed by atoms with E-state index in [0.29, 0.717) is 6.42 Å². The molecule has 0 amide bonds. The number of benzene rings is 2. The SMILES string of the molecule is Cc1cc(C)cc(CC(=O)C(C)c2ccccc2)c1. The highest BCUT2D eigenvalue weighted by Gasteiger charge is 2.15. The van der Waals surface area contributed by atoms with E-state index in [1.165, 1.54) is 11.1 Å². The Balaban J connectivity index is 2.13. The van der Waals surface area contributed by atoms with Crippen LogP contribution in [0.4, 0.5) is 0 Å². The molecule has 0 saturated carbocycles. The molecule has 2 aromatic carbocycles. The number of ketones is 1. The molecule has 2 aromatic rings. The van der Waals surface area contributed by atoms with Gasteiger partial charge in [-0.3, -0.25) is 4.79 Å². The van der Waals surface area contributed by atoms with Crippen molar-refractivity contribution in [1.82, 2.24) is 0 Å². The summed E-state index contributed by atoms with van der Waals surface area (Å²) >= 11 is 0. The zero-order chi connectivity index (χ0) is 13.8. The van der Waals surface area contributed by atoms with Crippen LogP contribution in [0.5, 0.6) is 0 Å². The molecule has 98 valence electrons. The van der Waals surface area contributed by atoms with Crippen molar-refractivity contribution in [2.24, 2.45) is 0 Å². The van der Waals surface area contributed by atoms with Gasteiger partial charge in [0, 0.05) is 12.3 Å². The average Bonchev–Trinajstić information content (AvgIpc) is 2.37. The third-order valence-electron chi connectivity index (χ3n) is 3.44. The van der Waals surface area contributed by atoms with E-state index in [1.54, 1.807) is 0 Å². The van der Waals surface area contributed by atoms with Crippen LogP contribution in [-0.2, 0) is 11.2 Å². The smallest absolute Gasteiger partial charge is 0.144 e. The van der Waals surface area contributed by atoms with E-state index in [-0.39, 0.29) is 11.7 Å². The molecule has 1 unspecified atom stereocenters. The number of carbonyl (C=O) groups excluding carboxylic acids is 1. The molecule has 1 atom stereocenters. The van der Waals surface area contributed by atoms with Gasteiger partial charge in [-0.1, -0.05) is 66.6 Å². The van der Waals surface area contributed by atoms with Gasteiger partial charge in [0.25, 0.3) is 0 Å². The lowest BCUT2D eigenvalue weighted by atomic mass is 9.92. The third kappa shape index (κ3) is 3.54. The van der Waals surface area contributed by atoms with Crippen molar-refractivity contribution in [3.8, 4) is 0 Å². The number of Topliss-reactive ketones (excluding diaryl/α,β-unsaturated/α-hetero) is 1. The topological polar surface area (TPSA) is 17.1 Å². The Labute approximate surface area is 115 Å². The Morgan fingerprint density at radius 1 is 1.00 bits per heavy atom. The molecule has 0 aromatic heterocycles. The first-order valence-corrected chi connectivity index (χ1v) is 6.71. The lowest BCUT2D eigenvalue weighted by molar-refractivity contribution is -0.119. The van der Waals surface area contributed by atoms with Crippen LogP contribution in [0, 0.1) is 13.8 Å². The lowest BCUT2D eigenvalue weighted by Gasteiger charge is -2.11. The lowest BCUT2D eigenvalue weighted by Crippen LogP contribution is -2.12. The third-order valence-corrected chi connectivity index (χ3v) is 3.44. The first-order valence-electron chi connectivity index (χ1n) is 6.71. The molecule has 0 aliphatic heterocycles. The first-order chi connectivity index (χ1) is 9.06. The molecule has 0 aliphatic carbocycles. The summed E-state index contributed by atoms with van der Waals surface area (Å²) in [4.78, 5) is 12.3. The summed E-state index contributed by atoms with van der Waals surface area (Å²) in [5, 5.41) is 0. The highest BCUT2D eigenvalue weighted by atomic mass is 16.1. The fourth-order valence-corrected chi connectivity index (χ4v) is 2.45. The molecule has 0 bridgehead atoms. The van der Waals surface area contributed by atoms with Gasteiger partial charge < -0.3 is 0 Å². The maximum absolute atomic E-state index is 12.3. The molecule has 0 radical (unpaired) electrons. The summed E-state index contributed by atoms with van der Waals surface area (Å²) in [6.45, 7) is 6.13. The van der Waals surface area contributed by atoms with E-state index < -0.39 is 0 Å². The van der Waals surface area contributed by atoms with E-state index in [4.69, 9.17) is 0 Å². The standard InChI is InChI=1S/C18H20O/c1-13-9-14(2)11-16(10-13)12-18(19)15(3)17-7-5-4-6-8-17/h4-11,15H,12H2,1-3H3. The Bertz CT molecular complexity index is 549.